The Morgan fingerprint density at radius 1 is 0.333 bits per heavy atom. The summed E-state index contributed by atoms with van der Waals surface area (Å²) in [5.74, 6) is 0.694. The molecule has 3 nitrogen and oxygen atoms in total. The van der Waals surface area contributed by atoms with Crippen LogP contribution in [0.2, 0.25) is 0 Å². The third kappa shape index (κ3) is 5.06. The van der Waals surface area contributed by atoms with Crippen LogP contribution in [0.25, 0.3) is 99.6 Å². The van der Waals surface area contributed by atoms with E-state index in [0.29, 0.717) is 5.82 Å². The minimum absolute atomic E-state index is 0.694. The van der Waals surface area contributed by atoms with Gasteiger partial charge in [0.25, 0.3) is 0 Å². The first-order valence-electron chi connectivity index (χ1n) is 17.2. The van der Waals surface area contributed by atoms with Crippen LogP contribution in [0.1, 0.15) is 0 Å². The number of furan rings is 1. The minimum atomic E-state index is 0.694. The fourth-order valence-electron chi connectivity index (χ4n) is 7.44. The van der Waals surface area contributed by atoms with E-state index < -0.39 is 0 Å². The lowest BCUT2D eigenvalue weighted by Gasteiger charge is -2.15. The molecule has 51 heavy (non-hydrogen) atoms. The van der Waals surface area contributed by atoms with Crippen molar-refractivity contribution in [2.24, 2.45) is 0 Å². The predicted molar refractivity (Wildman–Crippen MR) is 212 cm³/mol. The average Bonchev–Trinajstić information content (AvgIpc) is 3.61. The molecule has 3 heteroatoms. The normalized spacial score (nSPS) is 11.5. The summed E-state index contributed by atoms with van der Waals surface area (Å²) in [7, 11) is 0. The zero-order chi connectivity index (χ0) is 33.7. The Bertz CT molecular complexity index is 2840. The Kier molecular flexibility index (Phi) is 6.81. The first-order valence-corrected chi connectivity index (χ1v) is 17.2. The van der Waals surface area contributed by atoms with Crippen molar-refractivity contribution in [1.82, 2.24) is 9.97 Å². The van der Waals surface area contributed by atoms with E-state index in [0.717, 1.165) is 72.3 Å². The van der Waals surface area contributed by atoms with Crippen molar-refractivity contribution in [1.29, 1.82) is 0 Å². The van der Waals surface area contributed by atoms with Crippen molar-refractivity contribution < 1.29 is 4.42 Å². The summed E-state index contributed by atoms with van der Waals surface area (Å²) in [4.78, 5) is 10.3. The molecule has 0 atom stereocenters. The fraction of sp³-hybridized carbons (Fsp3) is 0. The van der Waals surface area contributed by atoms with E-state index >= 15 is 0 Å². The molecule has 0 unspecified atom stereocenters. The molecule has 0 aliphatic heterocycles. The molecule has 10 aromatic rings. The number of fused-ring (bicyclic) bond motifs is 7. The van der Waals surface area contributed by atoms with E-state index in [2.05, 4.69) is 158 Å². The summed E-state index contributed by atoms with van der Waals surface area (Å²) in [6.07, 6.45) is 0. The first kappa shape index (κ1) is 29.1. The molecule has 0 aliphatic rings. The van der Waals surface area contributed by atoms with E-state index in [-0.39, 0.29) is 0 Å². The van der Waals surface area contributed by atoms with Crippen LogP contribution in [-0.4, -0.2) is 9.97 Å². The summed E-state index contributed by atoms with van der Waals surface area (Å²) >= 11 is 0. The largest absolute Gasteiger partial charge is 0.456 e. The zero-order valence-corrected chi connectivity index (χ0v) is 27.6. The minimum Gasteiger partial charge on any atom is -0.456 e. The molecule has 0 fully saturated rings. The van der Waals surface area contributed by atoms with Gasteiger partial charge in [-0.2, -0.15) is 0 Å². The smallest absolute Gasteiger partial charge is 0.160 e. The van der Waals surface area contributed by atoms with Gasteiger partial charge >= 0.3 is 0 Å². The first-order chi connectivity index (χ1) is 25.3. The molecular weight excluding hydrogens is 621 g/mol. The molecule has 238 valence electrons. The predicted octanol–water partition coefficient (Wildman–Crippen LogP) is 13.0. The van der Waals surface area contributed by atoms with E-state index in [1.165, 1.54) is 21.5 Å². The maximum Gasteiger partial charge on any atom is 0.160 e. The second kappa shape index (κ2) is 11.9. The lowest BCUT2D eigenvalue weighted by molar-refractivity contribution is 0.669. The molecule has 10 rings (SSSR count). The van der Waals surface area contributed by atoms with Gasteiger partial charge in [-0.3, -0.25) is 0 Å². The summed E-state index contributed by atoms with van der Waals surface area (Å²) in [5, 5.41) is 7.06. The monoisotopic (exact) mass is 650 g/mol. The van der Waals surface area contributed by atoms with Crippen molar-refractivity contribution in [3.63, 3.8) is 0 Å². The molecule has 0 amide bonds. The van der Waals surface area contributed by atoms with Crippen molar-refractivity contribution >= 4 is 43.5 Å². The van der Waals surface area contributed by atoms with Gasteiger partial charge in [-0.05, 0) is 80.2 Å². The van der Waals surface area contributed by atoms with Crippen LogP contribution in [0, 0.1) is 0 Å². The van der Waals surface area contributed by atoms with Crippen LogP contribution in [0.15, 0.2) is 186 Å². The fourth-order valence-corrected chi connectivity index (χ4v) is 7.44. The van der Waals surface area contributed by atoms with Gasteiger partial charge in [0.05, 0.1) is 11.4 Å². The Balaban J connectivity index is 1.25. The molecule has 0 saturated heterocycles. The molecule has 0 N–H and O–H groups in total. The maximum absolute atomic E-state index is 6.67. The maximum atomic E-state index is 6.67. The zero-order valence-electron chi connectivity index (χ0n) is 27.6. The summed E-state index contributed by atoms with van der Waals surface area (Å²) in [5.41, 5.74) is 11.0. The number of nitrogens with zero attached hydrogens (tertiary/aromatic N) is 2. The average molecular weight is 651 g/mol. The van der Waals surface area contributed by atoms with Gasteiger partial charge in [-0.25, -0.2) is 9.97 Å². The SMILES string of the molecule is c1ccc(-c2cc(-c3cc(-c4ccccc4)nc(-c4ccccc4)n3)cc(-c3cc4oc5ccc6ccccc6c5c4c4ccccc34)c2)cc1. The Morgan fingerprint density at radius 3 is 1.63 bits per heavy atom. The summed E-state index contributed by atoms with van der Waals surface area (Å²) in [6, 6.07) is 63.8. The van der Waals surface area contributed by atoms with Crippen LogP contribution >= 0.6 is 0 Å². The van der Waals surface area contributed by atoms with Gasteiger partial charge in [-0.1, -0.05) is 146 Å². The van der Waals surface area contributed by atoms with Crippen molar-refractivity contribution in [3.05, 3.63) is 182 Å². The van der Waals surface area contributed by atoms with Crippen molar-refractivity contribution in [3.8, 4) is 56.2 Å². The molecule has 2 heterocycles. The van der Waals surface area contributed by atoms with Gasteiger partial charge in [0.2, 0.25) is 0 Å². The topological polar surface area (TPSA) is 38.9 Å². The van der Waals surface area contributed by atoms with Crippen LogP contribution in [0.5, 0.6) is 0 Å². The Morgan fingerprint density at radius 2 is 0.882 bits per heavy atom. The van der Waals surface area contributed by atoms with E-state index in [9.17, 15) is 0 Å². The highest BCUT2D eigenvalue weighted by Gasteiger charge is 2.19. The second-order valence-corrected chi connectivity index (χ2v) is 13.0. The van der Waals surface area contributed by atoms with Gasteiger partial charge in [-0.15, -0.1) is 0 Å². The van der Waals surface area contributed by atoms with E-state index in [4.69, 9.17) is 14.4 Å². The van der Waals surface area contributed by atoms with Gasteiger partial charge in [0, 0.05) is 27.5 Å². The third-order valence-corrected chi connectivity index (χ3v) is 9.84. The van der Waals surface area contributed by atoms with Crippen LogP contribution in [0.4, 0.5) is 0 Å². The van der Waals surface area contributed by atoms with E-state index in [1.54, 1.807) is 0 Å². The quantitative estimate of drug-likeness (QED) is 0.186. The molecule has 0 bridgehead atoms. The van der Waals surface area contributed by atoms with Crippen LogP contribution in [0.3, 0.4) is 0 Å². The second-order valence-electron chi connectivity index (χ2n) is 13.0. The molecule has 0 saturated carbocycles. The molecule has 0 aliphatic carbocycles. The third-order valence-electron chi connectivity index (χ3n) is 9.84. The molecule has 0 radical (unpaired) electrons. The number of rotatable bonds is 5. The van der Waals surface area contributed by atoms with E-state index in [1.807, 2.05) is 24.3 Å². The standard InChI is InChI=1S/C48H30N2O/c1-4-14-31(15-5-1)35-26-36(28-37(27-35)43-30-42(33-17-6-2-7-18-33)49-48(50-43)34-19-8-3-9-20-34)41-29-45-47(40-23-13-12-22-39(40)41)46-38-21-11-10-16-32(38)24-25-44(46)51-45/h1-30H. The van der Waals surface area contributed by atoms with Crippen molar-refractivity contribution in [2.75, 3.05) is 0 Å². The number of hydrogen-bond donors (Lipinski definition) is 0. The highest BCUT2D eigenvalue weighted by molar-refractivity contribution is 6.28. The van der Waals surface area contributed by atoms with Gasteiger partial charge < -0.3 is 4.42 Å². The van der Waals surface area contributed by atoms with Crippen molar-refractivity contribution in [2.45, 2.75) is 0 Å². The highest BCUT2D eigenvalue weighted by atomic mass is 16.3. The van der Waals surface area contributed by atoms with Gasteiger partial charge in [0.1, 0.15) is 11.2 Å². The molecule has 8 aromatic carbocycles. The van der Waals surface area contributed by atoms with Crippen LogP contribution < -0.4 is 0 Å². The summed E-state index contributed by atoms with van der Waals surface area (Å²) in [6.45, 7) is 0. The molecule has 2 aromatic heterocycles. The Labute approximate surface area is 295 Å². The van der Waals surface area contributed by atoms with Crippen LogP contribution in [-0.2, 0) is 0 Å². The highest BCUT2D eigenvalue weighted by Crippen LogP contribution is 2.44. The Hall–Kier alpha value is -6.84. The lowest BCUT2D eigenvalue weighted by Crippen LogP contribution is -1.96. The molecular formula is C48H30N2O. The van der Waals surface area contributed by atoms with Gasteiger partial charge in [0.15, 0.2) is 5.82 Å². The summed E-state index contributed by atoms with van der Waals surface area (Å²) < 4.78 is 6.67. The molecule has 0 spiro atoms. The number of benzene rings is 8. The number of aromatic nitrogens is 2. The lowest BCUT2D eigenvalue weighted by atomic mass is 9.90. The number of hydrogen-bond acceptors (Lipinski definition) is 3.